The number of benzene rings is 1. The van der Waals surface area contributed by atoms with E-state index in [1.807, 2.05) is 13.0 Å². The summed E-state index contributed by atoms with van der Waals surface area (Å²) in [4.78, 5) is 27.0. The third-order valence-corrected chi connectivity index (χ3v) is 3.32. The van der Waals surface area contributed by atoms with Gasteiger partial charge < -0.3 is 10.4 Å². The zero-order chi connectivity index (χ0) is 14.7. The van der Waals surface area contributed by atoms with Crippen LogP contribution in [0.5, 0.6) is 0 Å². The molecule has 0 aliphatic carbocycles. The number of nitrogens with zero attached hydrogens (tertiary/aromatic N) is 1. The van der Waals surface area contributed by atoms with Crippen molar-refractivity contribution in [3.63, 3.8) is 0 Å². The Kier molecular flexibility index (Phi) is 4.14. The normalized spacial score (nSPS) is 10.1. The molecule has 0 unspecified atom stereocenters. The number of anilines is 1. The standard InChI is InChI=1S/C14H11BrN2O3/c1-8-4-5-10(15)9(7-8)13(18)17-11-3-2-6-16-12(11)14(19)20/h2-7H,1H3,(H,17,18)(H,19,20). The number of carboxylic acids is 1. The number of hydrogen-bond acceptors (Lipinski definition) is 3. The van der Waals surface area contributed by atoms with Gasteiger partial charge in [0.25, 0.3) is 5.91 Å². The molecular weight excluding hydrogens is 324 g/mol. The molecule has 1 aromatic heterocycles. The van der Waals surface area contributed by atoms with Crippen LogP contribution in [0.25, 0.3) is 0 Å². The Balaban J connectivity index is 2.33. The van der Waals surface area contributed by atoms with Crippen molar-refractivity contribution in [3.05, 3.63) is 57.8 Å². The summed E-state index contributed by atoms with van der Waals surface area (Å²) in [6, 6.07) is 8.42. The van der Waals surface area contributed by atoms with Gasteiger partial charge in [-0.15, -0.1) is 0 Å². The number of nitrogens with one attached hydrogen (secondary N) is 1. The van der Waals surface area contributed by atoms with Gasteiger partial charge in [-0.05, 0) is 47.1 Å². The van der Waals surface area contributed by atoms with Gasteiger partial charge in [-0.25, -0.2) is 9.78 Å². The summed E-state index contributed by atoms with van der Waals surface area (Å²) in [7, 11) is 0. The molecule has 1 heterocycles. The second-order valence-corrected chi connectivity index (χ2v) is 5.00. The van der Waals surface area contributed by atoms with Crippen molar-refractivity contribution in [1.82, 2.24) is 4.98 Å². The van der Waals surface area contributed by atoms with Crippen molar-refractivity contribution in [2.24, 2.45) is 0 Å². The van der Waals surface area contributed by atoms with E-state index in [0.29, 0.717) is 10.0 Å². The number of carbonyl (C=O) groups excluding carboxylic acids is 1. The summed E-state index contributed by atoms with van der Waals surface area (Å²) in [6.45, 7) is 1.87. The first-order chi connectivity index (χ1) is 9.49. The number of carboxylic acid groups (broad SMARTS) is 1. The van der Waals surface area contributed by atoms with E-state index < -0.39 is 11.9 Å². The molecule has 5 nitrogen and oxygen atoms in total. The maximum absolute atomic E-state index is 12.2. The molecule has 0 aliphatic heterocycles. The van der Waals surface area contributed by atoms with Crippen molar-refractivity contribution >= 4 is 33.5 Å². The molecule has 1 aromatic carbocycles. The molecule has 0 atom stereocenters. The lowest BCUT2D eigenvalue weighted by Crippen LogP contribution is -2.16. The first kappa shape index (κ1) is 14.2. The smallest absolute Gasteiger partial charge is 0.356 e. The summed E-state index contributed by atoms with van der Waals surface area (Å²) in [5.74, 6) is -1.58. The molecule has 0 radical (unpaired) electrons. The van der Waals surface area contributed by atoms with E-state index in [-0.39, 0.29) is 11.4 Å². The van der Waals surface area contributed by atoms with Crippen molar-refractivity contribution in [2.75, 3.05) is 5.32 Å². The minimum absolute atomic E-state index is 0.165. The third-order valence-electron chi connectivity index (χ3n) is 2.62. The van der Waals surface area contributed by atoms with Crippen LogP contribution in [0, 0.1) is 6.92 Å². The van der Waals surface area contributed by atoms with Crippen LogP contribution in [-0.4, -0.2) is 22.0 Å². The van der Waals surface area contributed by atoms with Crippen LogP contribution in [0.2, 0.25) is 0 Å². The monoisotopic (exact) mass is 334 g/mol. The lowest BCUT2D eigenvalue weighted by atomic mass is 10.1. The summed E-state index contributed by atoms with van der Waals surface area (Å²) in [6.07, 6.45) is 1.36. The number of aryl methyl sites for hydroxylation is 1. The first-order valence-corrected chi connectivity index (χ1v) is 6.54. The number of aromatic nitrogens is 1. The minimum Gasteiger partial charge on any atom is -0.476 e. The Bertz CT molecular complexity index is 686. The van der Waals surface area contributed by atoms with Crippen LogP contribution >= 0.6 is 15.9 Å². The second kappa shape index (κ2) is 5.83. The lowest BCUT2D eigenvalue weighted by Gasteiger charge is -2.09. The van der Waals surface area contributed by atoms with E-state index in [2.05, 4.69) is 26.2 Å². The average Bonchev–Trinajstić information content (AvgIpc) is 2.41. The van der Waals surface area contributed by atoms with Gasteiger partial charge in [0.2, 0.25) is 0 Å². The Morgan fingerprint density at radius 2 is 2.05 bits per heavy atom. The van der Waals surface area contributed by atoms with E-state index in [1.165, 1.54) is 12.3 Å². The Morgan fingerprint density at radius 3 is 2.75 bits per heavy atom. The maximum Gasteiger partial charge on any atom is 0.356 e. The Labute approximate surface area is 123 Å². The largest absolute Gasteiger partial charge is 0.476 e. The highest BCUT2D eigenvalue weighted by Crippen LogP contribution is 2.20. The van der Waals surface area contributed by atoms with Crippen molar-refractivity contribution in [3.8, 4) is 0 Å². The molecule has 20 heavy (non-hydrogen) atoms. The predicted octanol–water partition coefficient (Wildman–Crippen LogP) is 3.10. The molecule has 6 heteroatoms. The summed E-state index contributed by atoms with van der Waals surface area (Å²) >= 11 is 3.30. The number of amides is 1. The minimum atomic E-state index is -1.19. The molecule has 2 rings (SSSR count). The quantitative estimate of drug-likeness (QED) is 0.903. The third kappa shape index (κ3) is 3.03. The van der Waals surface area contributed by atoms with E-state index in [1.54, 1.807) is 18.2 Å². The van der Waals surface area contributed by atoms with Gasteiger partial charge in [-0.1, -0.05) is 11.6 Å². The number of hydrogen-bond donors (Lipinski definition) is 2. The fourth-order valence-electron chi connectivity index (χ4n) is 1.68. The van der Waals surface area contributed by atoms with Gasteiger partial charge in [0.05, 0.1) is 11.3 Å². The van der Waals surface area contributed by atoms with Crippen LogP contribution in [0.15, 0.2) is 41.0 Å². The highest BCUT2D eigenvalue weighted by molar-refractivity contribution is 9.10. The highest BCUT2D eigenvalue weighted by Gasteiger charge is 2.16. The fourth-order valence-corrected chi connectivity index (χ4v) is 2.11. The highest BCUT2D eigenvalue weighted by atomic mass is 79.9. The zero-order valence-corrected chi connectivity index (χ0v) is 12.1. The molecule has 0 fully saturated rings. The number of aromatic carboxylic acids is 1. The van der Waals surface area contributed by atoms with E-state index in [9.17, 15) is 9.59 Å². The van der Waals surface area contributed by atoms with Gasteiger partial charge in [-0.3, -0.25) is 4.79 Å². The molecule has 102 valence electrons. The van der Waals surface area contributed by atoms with Crippen LogP contribution in [0.4, 0.5) is 5.69 Å². The first-order valence-electron chi connectivity index (χ1n) is 5.75. The molecule has 0 aliphatic rings. The summed E-state index contributed by atoms with van der Waals surface area (Å²) in [5.41, 5.74) is 1.34. The average molecular weight is 335 g/mol. The van der Waals surface area contributed by atoms with E-state index >= 15 is 0 Å². The second-order valence-electron chi connectivity index (χ2n) is 4.14. The van der Waals surface area contributed by atoms with Gasteiger partial charge in [-0.2, -0.15) is 0 Å². The Morgan fingerprint density at radius 1 is 1.30 bits per heavy atom. The van der Waals surface area contributed by atoms with Crippen LogP contribution < -0.4 is 5.32 Å². The Hall–Kier alpha value is -2.21. The molecule has 0 spiro atoms. The summed E-state index contributed by atoms with van der Waals surface area (Å²) < 4.78 is 0.640. The van der Waals surface area contributed by atoms with Crippen molar-refractivity contribution in [2.45, 2.75) is 6.92 Å². The number of carbonyl (C=O) groups is 2. The lowest BCUT2D eigenvalue weighted by molar-refractivity contribution is 0.0692. The van der Waals surface area contributed by atoms with Gasteiger partial charge >= 0.3 is 5.97 Å². The van der Waals surface area contributed by atoms with Crippen LogP contribution in [-0.2, 0) is 0 Å². The zero-order valence-electron chi connectivity index (χ0n) is 10.6. The molecule has 0 saturated carbocycles. The molecule has 1 amide bonds. The van der Waals surface area contributed by atoms with Crippen LogP contribution in [0.1, 0.15) is 26.4 Å². The molecular formula is C14H11BrN2O3. The number of pyridine rings is 1. The molecule has 2 N–H and O–H groups in total. The number of halogens is 1. The fraction of sp³-hybridized carbons (Fsp3) is 0.0714. The topological polar surface area (TPSA) is 79.3 Å². The SMILES string of the molecule is Cc1ccc(Br)c(C(=O)Nc2cccnc2C(=O)O)c1. The van der Waals surface area contributed by atoms with E-state index in [0.717, 1.165) is 5.56 Å². The van der Waals surface area contributed by atoms with Gasteiger partial charge in [0.15, 0.2) is 5.69 Å². The molecule has 0 saturated heterocycles. The van der Waals surface area contributed by atoms with Gasteiger partial charge in [0.1, 0.15) is 0 Å². The number of rotatable bonds is 3. The van der Waals surface area contributed by atoms with Crippen molar-refractivity contribution < 1.29 is 14.7 Å². The summed E-state index contributed by atoms with van der Waals surface area (Å²) in [5, 5.41) is 11.6. The molecule has 2 aromatic rings. The maximum atomic E-state index is 12.2. The van der Waals surface area contributed by atoms with E-state index in [4.69, 9.17) is 5.11 Å². The van der Waals surface area contributed by atoms with Gasteiger partial charge in [0, 0.05) is 10.7 Å². The van der Waals surface area contributed by atoms with Crippen LogP contribution in [0.3, 0.4) is 0 Å². The van der Waals surface area contributed by atoms with Crippen molar-refractivity contribution in [1.29, 1.82) is 0 Å². The molecule has 0 bridgehead atoms. The predicted molar refractivity (Wildman–Crippen MR) is 78.0 cm³/mol.